The van der Waals surface area contributed by atoms with Gasteiger partial charge in [-0.1, -0.05) is 6.92 Å². The van der Waals surface area contributed by atoms with Crippen molar-refractivity contribution in [3.63, 3.8) is 0 Å². The number of aliphatic hydroxyl groups excluding tert-OH is 14. The van der Waals surface area contributed by atoms with Crippen LogP contribution in [0.5, 0.6) is 0 Å². The number of rotatable bonds is 20. The largest absolute Gasteiger partial charge is 1.00 e. The number of aliphatic hydroxyl groups is 14. The van der Waals surface area contributed by atoms with Crippen LogP contribution in [0.1, 0.15) is 13.8 Å². The average molecular weight is 1160 g/mol. The number of carboxylic acids is 3. The van der Waals surface area contributed by atoms with Crippen LogP contribution in [0, 0.1) is 5.92 Å². The van der Waals surface area contributed by atoms with E-state index in [9.17, 15) is 101 Å². The number of nitrogens with two attached hydrogens (primary N) is 1. The van der Waals surface area contributed by atoms with Crippen LogP contribution in [0.3, 0.4) is 0 Å². The molecule has 6 fully saturated rings. The number of hydrogen-bond acceptors (Lipinski definition) is 33. The van der Waals surface area contributed by atoms with Gasteiger partial charge < -0.3 is 164 Å². The minimum atomic E-state index is -2.54. The van der Waals surface area contributed by atoms with Crippen molar-refractivity contribution in [1.29, 1.82) is 0 Å². The Morgan fingerprint density at radius 2 is 0.974 bits per heavy atom. The molecule has 35 nitrogen and oxygen atoms in total. The summed E-state index contributed by atoms with van der Waals surface area (Å²) in [5, 5.41) is 188. The summed E-state index contributed by atoms with van der Waals surface area (Å²) in [6, 6.07) is -3.40. The van der Waals surface area contributed by atoms with Gasteiger partial charge in [-0.3, -0.25) is 9.59 Å². The van der Waals surface area contributed by atoms with Crippen molar-refractivity contribution in [2.24, 2.45) is 11.7 Å². The van der Waals surface area contributed by atoms with E-state index < -0.39 is 241 Å². The monoisotopic (exact) mass is 1160 g/mol. The molecular weight excluding hydrogens is 1090 g/mol. The van der Waals surface area contributed by atoms with Gasteiger partial charge >= 0.3 is 65.1 Å². The van der Waals surface area contributed by atoms with Gasteiger partial charge in [-0.25, -0.2) is 0 Å². The first kappa shape index (κ1) is 69.3. The minimum absolute atomic E-state index is 0. The van der Waals surface area contributed by atoms with Gasteiger partial charge in [-0.15, -0.1) is 0 Å². The smallest absolute Gasteiger partial charge is 0.547 e. The molecule has 6 saturated heterocycles. The molecule has 0 aliphatic carbocycles. The molecule has 0 bridgehead atoms. The first-order valence-electron chi connectivity index (χ1n) is 23.5. The van der Waals surface area contributed by atoms with E-state index in [1.165, 1.54) is 6.92 Å². The maximum absolute atomic E-state index is 12.6. The summed E-state index contributed by atoms with van der Waals surface area (Å²) in [6.45, 7) is -2.29. The molecule has 6 aliphatic rings. The zero-order valence-electron chi connectivity index (χ0n) is 42.0. The van der Waals surface area contributed by atoms with Crippen molar-refractivity contribution in [2.75, 3.05) is 33.0 Å². The summed E-state index contributed by atoms with van der Waals surface area (Å²) >= 11 is 0. The molecular formula is C41H64N2Na2O33. The van der Waals surface area contributed by atoms with Gasteiger partial charge in [0.2, 0.25) is 5.91 Å². The number of amides is 1. The molecule has 0 aromatic carbocycles. The van der Waals surface area contributed by atoms with Gasteiger partial charge in [0.1, 0.15) is 134 Å². The number of hydrogen-bond donors (Lipinski definition) is 17. The molecule has 18 N–H and O–H groups in total. The zero-order valence-corrected chi connectivity index (χ0v) is 46.0. The molecule has 0 aromatic heterocycles. The SMILES string of the molecule is CC(=O)NC1C(OC2C(C(=O)[O-])OC(OC3C(O)C(CO)OC(OC4C(O)C(CO)OC(OC5COC(OCC(N)C(=O)O)C(O)C5O)C4O)C3O)C(O)C2O)OC(CO)C(OC2OC(C(=O)[O-])C(C)C(O)C2O)C1O.[Na+].[Na+]. The van der Waals surface area contributed by atoms with E-state index in [0.29, 0.717) is 0 Å². The van der Waals surface area contributed by atoms with Gasteiger partial charge in [0, 0.05) is 12.8 Å². The first-order chi connectivity index (χ1) is 35.8. The van der Waals surface area contributed by atoms with E-state index >= 15 is 0 Å². The Morgan fingerprint density at radius 1 is 0.538 bits per heavy atom. The third-order valence-corrected chi connectivity index (χ3v) is 13.5. The minimum Gasteiger partial charge on any atom is -0.547 e. The Bertz CT molecular complexity index is 1940. The van der Waals surface area contributed by atoms with Crippen molar-refractivity contribution < 1.29 is 222 Å². The van der Waals surface area contributed by atoms with Gasteiger partial charge in [0.15, 0.2) is 37.7 Å². The van der Waals surface area contributed by atoms with Crippen LogP contribution in [0.4, 0.5) is 0 Å². The van der Waals surface area contributed by atoms with Crippen LogP contribution in [-0.4, -0.2) is 311 Å². The topological polar surface area (TPSA) is 567 Å². The Hall–Kier alpha value is -1.20. The summed E-state index contributed by atoms with van der Waals surface area (Å²) in [5.74, 6) is -7.60. The fourth-order valence-corrected chi connectivity index (χ4v) is 9.16. The molecule has 0 saturated carbocycles. The van der Waals surface area contributed by atoms with Gasteiger partial charge in [-0.05, 0) is 0 Å². The predicted molar refractivity (Wildman–Crippen MR) is 223 cm³/mol. The summed E-state index contributed by atoms with van der Waals surface area (Å²) in [4.78, 5) is 47.8. The van der Waals surface area contributed by atoms with Crippen molar-refractivity contribution in [1.82, 2.24) is 5.32 Å². The number of ether oxygens (including phenoxy) is 12. The maximum atomic E-state index is 12.6. The number of aliphatic carboxylic acids is 3. The van der Waals surface area contributed by atoms with E-state index in [2.05, 4.69) is 5.32 Å². The molecule has 6 heterocycles. The van der Waals surface area contributed by atoms with Crippen molar-refractivity contribution in [3.8, 4) is 0 Å². The summed E-state index contributed by atoms with van der Waals surface area (Å²) in [6.07, 6.45) is -55.2. The predicted octanol–water partition coefficient (Wildman–Crippen LogP) is -21.1. The van der Waals surface area contributed by atoms with Crippen LogP contribution in [0.2, 0.25) is 0 Å². The van der Waals surface area contributed by atoms with E-state index in [1.54, 1.807) is 0 Å². The van der Waals surface area contributed by atoms with Crippen LogP contribution < -0.4 is 80.4 Å². The van der Waals surface area contributed by atoms with E-state index in [-0.39, 0.29) is 59.1 Å². The molecule has 30 unspecified atom stereocenters. The molecule has 438 valence electrons. The molecule has 30 atom stereocenters. The average Bonchev–Trinajstić information content (AvgIpc) is 3.37. The van der Waals surface area contributed by atoms with Crippen LogP contribution in [0.15, 0.2) is 0 Å². The summed E-state index contributed by atoms with van der Waals surface area (Å²) in [7, 11) is 0. The fourth-order valence-electron chi connectivity index (χ4n) is 9.16. The summed E-state index contributed by atoms with van der Waals surface area (Å²) < 4.78 is 66.0. The molecule has 78 heavy (non-hydrogen) atoms. The Kier molecular flexibility index (Phi) is 26.7. The number of carbonyl (C=O) groups excluding carboxylic acids is 3. The zero-order chi connectivity index (χ0) is 56.4. The first-order valence-corrected chi connectivity index (χ1v) is 23.5. The van der Waals surface area contributed by atoms with Crippen molar-refractivity contribution in [2.45, 2.75) is 192 Å². The van der Waals surface area contributed by atoms with Crippen molar-refractivity contribution >= 4 is 23.8 Å². The second-order valence-corrected chi connectivity index (χ2v) is 18.7. The second-order valence-electron chi connectivity index (χ2n) is 18.7. The van der Waals surface area contributed by atoms with Gasteiger partial charge in [0.25, 0.3) is 0 Å². The van der Waals surface area contributed by atoms with Crippen LogP contribution in [-0.2, 0) is 76.0 Å². The third kappa shape index (κ3) is 15.4. The van der Waals surface area contributed by atoms with Crippen LogP contribution in [0.25, 0.3) is 0 Å². The number of carbonyl (C=O) groups is 4. The molecule has 0 aromatic rings. The quantitative estimate of drug-likeness (QED) is 0.0503. The van der Waals surface area contributed by atoms with E-state index in [1.807, 2.05) is 0 Å². The fraction of sp³-hybridized carbons (Fsp3) is 0.902. The van der Waals surface area contributed by atoms with Gasteiger partial charge in [0.05, 0.1) is 51.1 Å². The Morgan fingerprint density at radius 3 is 1.46 bits per heavy atom. The molecule has 1 amide bonds. The standard InChI is InChI=1S/C41H66N2O33.2Na/c1-8-16(48)22(54)38(71-27(8)34(61)62)72-28-13(5-46)69-36(15(20(28)52)43-9(2)47)75-31-21(53)24(56)39(76-32(31)35(63)64)73-30-19(51)12(4-45)68-41(26(30)58)74-29-18(50)11(3-44)67-40(25(29)57)70-14-7-66-37(23(55)17(14)49)65-6-10(42)33(59)60;;/h8,10-32,36-41,44-46,48-58H,3-7,42H2,1-2H3,(H,43,47)(H,59,60)(H,61,62)(H,63,64);;/q;2*+1/p-2. The number of nitrogens with one attached hydrogen (secondary N) is 1. The van der Waals surface area contributed by atoms with Gasteiger partial charge in [-0.2, -0.15) is 0 Å². The molecule has 0 radical (unpaired) electrons. The summed E-state index contributed by atoms with van der Waals surface area (Å²) in [5.41, 5.74) is 5.39. The second kappa shape index (κ2) is 30.0. The Balaban J connectivity index is 0.00000656. The third-order valence-electron chi connectivity index (χ3n) is 13.5. The van der Waals surface area contributed by atoms with E-state index in [0.717, 1.165) is 6.92 Å². The molecule has 0 spiro atoms. The normalized spacial score (nSPS) is 46.4. The molecule has 37 heteroatoms. The van der Waals surface area contributed by atoms with Crippen LogP contribution >= 0.6 is 0 Å². The number of carboxylic acid groups (broad SMARTS) is 3. The molecule has 6 aliphatic heterocycles. The molecule has 6 rings (SSSR count). The van der Waals surface area contributed by atoms with E-state index in [4.69, 9.17) is 67.7 Å². The maximum Gasteiger partial charge on any atom is 1.00 e. The van der Waals surface area contributed by atoms with Crippen molar-refractivity contribution in [3.05, 3.63) is 0 Å². The Labute approximate surface area is 485 Å².